The maximum atomic E-state index is 12.2. The van der Waals surface area contributed by atoms with Crippen molar-refractivity contribution in [2.45, 2.75) is 6.92 Å². The minimum atomic E-state index is -1.23. The van der Waals surface area contributed by atoms with Gasteiger partial charge in [0, 0.05) is 18.2 Å². The van der Waals surface area contributed by atoms with E-state index < -0.39 is 11.9 Å². The molecule has 0 aromatic heterocycles. The van der Waals surface area contributed by atoms with Crippen LogP contribution in [0.15, 0.2) is 60.3 Å². The van der Waals surface area contributed by atoms with Gasteiger partial charge in [0.2, 0.25) is 5.91 Å². The summed E-state index contributed by atoms with van der Waals surface area (Å²) in [5, 5.41) is 14.2. The van der Waals surface area contributed by atoms with Gasteiger partial charge >= 0.3 is 5.97 Å². The molecule has 0 atom stereocenters. The van der Waals surface area contributed by atoms with Gasteiger partial charge in [0.25, 0.3) is 5.91 Å². The second kappa shape index (κ2) is 7.73. The second-order valence-electron chi connectivity index (χ2n) is 4.99. The molecule has 2 amide bonds. The summed E-state index contributed by atoms with van der Waals surface area (Å²) in [4.78, 5) is 34.5. The van der Waals surface area contributed by atoms with Crippen molar-refractivity contribution < 1.29 is 19.5 Å². The van der Waals surface area contributed by atoms with Crippen LogP contribution in [0.1, 0.15) is 22.8 Å². The summed E-state index contributed by atoms with van der Waals surface area (Å²) in [6.07, 6.45) is 1.38. The van der Waals surface area contributed by atoms with Crippen LogP contribution in [0.3, 0.4) is 0 Å². The third kappa shape index (κ3) is 4.81. The van der Waals surface area contributed by atoms with Gasteiger partial charge in [-0.2, -0.15) is 0 Å². The van der Waals surface area contributed by atoms with Crippen LogP contribution in [0.2, 0.25) is 0 Å². The van der Waals surface area contributed by atoms with Crippen molar-refractivity contribution in [1.29, 1.82) is 0 Å². The quantitative estimate of drug-likeness (QED) is 0.736. The summed E-state index contributed by atoms with van der Waals surface area (Å²) in [6.45, 7) is 1.38. The van der Waals surface area contributed by atoms with E-state index >= 15 is 0 Å². The highest BCUT2D eigenvalue weighted by Crippen LogP contribution is 2.11. The lowest BCUT2D eigenvalue weighted by Crippen LogP contribution is -2.27. The zero-order valence-corrected chi connectivity index (χ0v) is 12.9. The zero-order valence-electron chi connectivity index (χ0n) is 12.9. The zero-order chi connectivity index (χ0) is 17.5. The van der Waals surface area contributed by atoms with Gasteiger partial charge in [-0.15, -0.1) is 0 Å². The third-order valence-electron chi connectivity index (χ3n) is 3.06. The SMILES string of the molecule is CC(=O)Nc1ccc(C(=O)NC(=Cc2ccccc2)C(=O)O)cc1. The number of hydrogen-bond acceptors (Lipinski definition) is 3. The number of carbonyl (C=O) groups excluding carboxylic acids is 2. The van der Waals surface area contributed by atoms with Crippen molar-refractivity contribution in [3.63, 3.8) is 0 Å². The summed E-state index contributed by atoms with van der Waals surface area (Å²) >= 11 is 0. The van der Waals surface area contributed by atoms with Crippen LogP contribution >= 0.6 is 0 Å². The predicted molar refractivity (Wildman–Crippen MR) is 90.3 cm³/mol. The van der Waals surface area contributed by atoms with E-state index in [1.165, 1.54) is 25.1 Å². The Morgan fingerprint density at radius 2 is 1.58 bits per heavy atom. The standard InChI is InChI=1S/C18H16N2O4/c1-12(21)19-15-9-7-14(8-10-15)17(22)20-16(18(23)24)11-13-5-3-2-4-6-13/h2-11H,1H3,(H,19,21)(H,20,22)(H,23,24). The number of carbonyl (C=O) groups is 3. The lowest BCUT2D eigenvalue weighted by atomic mass is 10.1. The van der Waals surface area contributed by atoms with E-state index in [2.05, 4.69) is 10.6 Å². The Kier molecular flexibility index (Phi) is 5.46. The first-order valence-electron chi connectivity index (χ1n) is 7.15. The fraction of sp³-hybridized carbons (Fsp3) is 0.0556. The number of rotatable bonds is 5. The lowest BCUT2D eigenvalue weighted by Gasteiger charge is -2.07. The molecular formula is C18H16N2O4. The molecule has 0 aliphatic rings. The van der Waals surface area contributed by atoms with Crippen molar-refractivity contribution >= 4 is 29.5 Å². The maximum absolute atomic E-state index is 12.2. The molecule has 6 heteroatoms. The fourth-order valence-electron chi connectivity index (χ4n) is 1.97. The summed E-state index contributed by atoms with van der Waals surface area (Å²) in [6, 6.07) is 15.0. The number of nitrogens with one attached hydrogen (secondary N) is 2. The van der Waals surface area contributed by atoms with Crippen molar-refractivity contribution in [1.82, 2.24) is 5.32 Å². The minimum Gasteiger partial charge on any atom is -0.477 e. The molecule has 3 N–H and O–H groups in total. The molecule has 0 heterocycles. The molecular weight excluding hydrogens is 308 g/mol. The molecule has 0 aliphatic heterocycles. The van der Waals surface area contributed by atoms with Crippen molar-refractivity contribution in [2.75, 3.05) is 5.32 Å². The average Bonchev–Trinajstić information content (AvgIpc) is 2.55. The largest absolute Gasteiger partial charge is 0.477 e. The Labute approximate surface area is 138 Å². The highest BCUT2D eigenvalue weighted by atomic mass is 16.4. The van der Waals surface area contributed by atoms with Crippen molar-refractivity contribution in [2.24, 2.45) is 0 Å². The van der Waals surface area contributed by atoms with E-state index in [0.29, 0.717) is 11.3 Å². The summed E-state index contributed by atoms with van der Waals surface area (Å²) < 4.78 is 0. The van der Waals surface area contributed by atoms with E-state index in [1.54, 1.807) is 36.4 Å². The average molecular weight is 324 g/mol. The molecule has 0 saturated carbocycles. The molecule has 24 heavy (non-hydrogen) atoms. The molecule has 0 fully saturated rings. The van der Waals surface area contributed by atoms with Crippen LogP contribution in [0.4, 0.5) is 5.69 Å². The highest BCUT2D eigenvalue weighted by Gasteiger charge is 2.13. The Morgan fingerprint density at radius 1 is 0.958 bits per heavy atom. The van der Waals surface area contributed by atoms with Gasteiger partial charge < -0.3 is 15.7 Å². The van der Waals surface area contributed by atoms with Crippen LogP contribution in [0.5, 0.6) is 0 Å². The van der Waals surface area contributed by atoms with Crippen LogP contribution in [0, 0.1) is 0 Å². The van der Waals surface area contributed by atoms with Crippen LogP contribution in [0.25, 0.3) is 6.08 Å². The number of carboxylic acids is 1. The van der Waals surface area contributed by atoms with E-state index in [0.717, 1.165) is 0 Å². The highest BCUT2D eigenvalue weighted by molar-refractivity contribution is 6.03. The molecule has 0 aliphatic carbocycles. The van der Waals surface area contributed by atoms with Gasteiger partial charge in [-0.25, -0.2) is 4.79 Å². The summed E-state index contributed by atoms with van der Waals surface area (Å²) in [5.41, 5.74) is 1.27. The van der Waals surface area contributed by atoms with Gasteiger partial charge in [0.1, 0.15) is 5.70 Å². The first-order chi connectivity index (χ1) is 11.5. The smallest absolute Gasteiger partial charge is 0.352 e. The summed E-state index contributed by atoms with van der Waals surface area (Å²) in [5.74, 6) is -2.00. The van der Waals surface area contributed by atoms with Gasteiger partial charge in [-0.05, 0) is 35.9 Å². The molecule has 0 unspecified atom stereocenters. The molecule has 0 spiro atoms. The molecule has 0 radical (unpaired) electrons. The van der Waals surface area contributed by atoms with Gasteiger partial charge in [0.05, 0.1) is 0 Å². The molecule has 0 saturated heterocycles. The Bertz CT molecular complexity index is 780. The molecule has 2 aromatic rings. The second-order valence-corrected chi connectivity index (χ2v) is 4.99. The normalized spacial score (nSPS) is 10.8. The first-order valence-corrected chi connectivity index (χ1v) is 7.15. The number of carboxylic acid groups (broad SMARTS) is 1. The molecule has 0 bridgehead atoms. The Balaban J connectivity index is 2.15. The third-order valence-corrected chi connectivity index (χ3v) is 3.06. The van der Waals surface area contributed by atoms with Gasteiger partial charge in [0.15, 0.2) is 0 Å². The monoisotopic (exact) mass is 324 g/mol. The lowest BCUT2D eigenvalue weighted by molar-refractivity contribution is -0.132. The minimum absolute atomic E-state index is 0.217. The number of hydrogen-bond donors (Lipinski definition) is 3. The molecule has 122 valence electrons. The van der Waals surface area contributed by atoms with Crippen molar-refractivity contribution in [3.05, 3.63) is 71.4 Å². The first kappa shape index (κ1) is 17.0. The topological polar surface area (TPSA) is 95.5 Å². The van der Waals surface area contributed by atoms with Gasteiger partial charge in [-0.1, -0.05) is 30.3 Å². The predicted octanol–water partition coefficient (Wildman–Crippen LogP) is 2.50. The van der Waals surface area contributed by atoms with Gasteiger partial charge in [-0.3, -0.25) is 9.59 Å². The van der Waals surface area contributed by atoms with E-state index in [-0.39, 0.29) is 17.2 Å². The number of benzene rings is 2. The van der Waals surface area contributed by atoms with E-state index in [9.17, 15) is 19.5 Å². The van der Waals surface area contributed by atoms with Crippen molar-refractivity contribution in [3.8, 4) is 0 Å². The molecule has 2 rings (SSSR count). The van der Waals surface area contributed by atoms with E-state index in [1.807, 2.05) is 6.07 Å². The molecule has 2 aromatic carbocycles. The molecule has 6 nitrogen and oxygen atoms in total. The number of anilines is 1. The van der Waals surface area contributed by atoms with Crippen LogP contribution in [-0.4, -0.2) is 22.9 Å². The van der Waals surface area contributed by atoms with Crippen LogP contribution < -0.4 is 10.6 Å². The Morgan fingerprint density at radius 3 is 2.12 bits per heavy atom. The number of aliphatic carboxylic acids is 1. The summed E-state index contributed by atoms with van der Waals surface area (Å²) in [7, 11) is 0. The maximum Gasteiger partial charge on any atom is 0.352 e. The Hall–Kier alpha value is -3.41. The van der Waals surface area contributed by atoms with E-state index in [4.69, 9.17) is 0 Å². The number of amides is 2. The van der Waals surface area contributed by atoms with Crippen LogP contribution in [-0.2, 0) is 9.59 Å². The fourth-order valence-corrected chi connectivity index (χ4v) is 1.97.